The van der Waals surface area contributed by atoms with E-state index in [1.54, 1.807) is 24.3 Å². The Kier molecular flexibility index (Phi) is 6.43. The van der Waals surface area contributed by atoms with Crippen molar-refractivity contribution in [3.63, 3.8) is 0 Å². The molecule has 0 saturated carbocycles. The van der Waals surface area contributed by atoms with E-state index in [-0.39, 0.29) is 16.1 Å². The van der Waals surface area contributed by atoms with Gasteiger partial charge < -0.3 is 10.2 Å². The third kappa shape index (κ3) is 4.61. The van der Waals surface area contributed by atoms with Crippen molar-refractivity contribution >= 4 is 33.0 Å². The van der Waals surface area contributed by atoms with Crippen molar-refractivity contribution in [3.05, 3.63) is 58.1 Å². The van der Waals surface area contributed by atoms with E-state index in [9.17, 15) is 23.3 Å². The van der Waals surface area contributed by atoms with Crippen LogP contribution in [0, 0.1) is 10.1 Å². The number of nitro groups is 1. The standard InChI is InChI=1S/C22H26N4O5S/c27-22(17-9-10-20(21(15-17)26(28)29)24-11-4-5-12-24)23-18-7-6-8-19(16-18)32(30,31)25-13-2-1-3-14-25/h6-10,15-16H,1-5,11-14H2,(H,23,27). The quantitative estimate of drug-likeness (QED) is 0.523. The summed E-state index contributed by atoms with van der Waals surface area (Å²) in [6.07, 6.45) is 4.65. The minimum Gasteiger partial charge on any atom is -0.366 e. The van der Waals surface area contributed by atoms with Crippen molar-refractivity contribution in [2.45, 2.75) is 37.0 Å². The lowest BCUT2D eigenvalue weighted by Crippen LogP contribution is -2.35. The van der Waals surface area contributed by atoms with Gasteiger partial charge in [-0.15, -0.1) is 0 Å². The monoisotopic (exact) mass is 458 g/mol. The number of rotatable bonds is 6. The Hall–Kier alpha value is -2.98. The molecule has 2 aromatic rings. The molecule has 2 aliphatic heterocycles. The second kappa shape index (κ2) is 9.25. The number of benzene rings is 2. The maximum absolute atomic E-state index is 12.9. The van der Waals surface area contributed by atoms with Crippen LogP contribution in [0.3, 0.4) is 0 Å². The predicted molar refractivity (Wildman–Crippen MR) is 122 cm³/mol. The highest BCUT2D eigenvalue weighted by molar-refractivity contribution is 7.89. The molecule has 1 amide bonds. The Morgan fingerprint density at radius 3 is 2.31 bits per heavy atom. The van der Waals surface area contributed by atoms with Crippen LogP contribution < -0.4 is 10.2 Å². The van der Waals surface area contributed by atoms with Gasteiger partial charge in [0.2, 0.25) is 10.0 Å². The second-order valence-corrected chi connectivity index (χ2v) is 10.0. The molecule has 0 aromatic heterocycles. The van der Waals surface area contributed by atoms with Gasteiger partial charge in [0.05, 0.1) is 9.82 Å². The molecular formula is C22H26N4O5S. The maximum Gasteiger partial charge on any atom is 0.293 e. The van der Waals surface area contributed by atoms with Gasteiger partial charge in [0.25, 0.3) is 11.6 Å². The fourth-order valence-electron chi connectivity index (χ4n) is 4.23. The van der Waals surface area contributed by atoms with E-state index < -0.39 is 20.9 Å². The van der Waals surface area contributed by atoms with Crippen molar-refractivity contribution in [3.8, 4) is 0 Å². The number of carbonyl (C=O) groups excluding carboxylic acids is 1. The molecule has 10 heteroatoms. The fraction of sp³-hybridized carbons (Fsp3) is 0.409. The summed E-state index contributed by atoms with van der Waals surface area (Å²) in [7, 11) is -3.63. The molecule has 32 heavy (non-hydrogen) atoms. The van der Waals surface area contributed by atoms with Crippen LogP contribution in [-0.2, 0) is 10.0 Å². The van der Waals surface area contributed by atoms with E-state index in [0.717, 1.165) is 45.2 Å². The van der Waals surface area contributed by atoms with Gasteiger partial charge in [0.15, 0.2) is 0 Å². The molecule has 0 atom stereocenters. The number of hydrogen-bond acceptors (Lipinski definition) is 6. The first-order chi connectivity index (χ1) is 15.4. The average Bonchev–Trinajstić information content (AvgIpc) is 3.34. The summed E-state index contributed by atoms with van der Waals surface area (Å²) >= 11 is 0. The summed E-state index contributed by atoms with van der Waals surface area (Å²) in [5, 5.41) is 14.3. The molecule has 4 rings (SSSR count). The van der Waals surface area contributed by atoms with Crippen molar-refractivity contribution < 1.29 is 18.1 Å². The van der Waals surface area contributed by atoms with Crippen molar-refractivity contribution in [2.24, 2.45) is 0 Å². The number of nitrogens with one attached hydrogen (secondary N) is 1. The average molecular weight is 459 g/mol. The summed E-state index contributed by atoms with van der Waals surface area (Å²) < 4.78 is 27.3. The second-order valence-electron chi connectivity index (χ2n) is 8.10. The summed E-state index contributed by atoms with van der Waals surface area (Å²) in [6, 6.07) is 10.5. The largest absolute Gasteiger partial charge is 0.366 e. The molecule has 2 saturated heterocycles. The van der Waals surface area contributed by atoms with Gasteiger partial charge >= 0.3 is 0 Å². The zero-order valence-corrected chi connectivity index (χ0v) is 18.5. The molecule has 1 N–H and O–H groups in total. The van der Waals surface area contributed by atoms with E-state index in [4.69, 9.17) is 0 Å². The third-order valence-corrected chi connectivity index (χ3v) is 7.82. The number of hydrogen-bond donors (Lipinski definition) is 1. The first kappa shape index (κ1) is 22.2. The van der Waals surface area contributed by atoms with Crippen LogP contribution >= 0.6 is 0 Å². The highest BCUT2D eigenvalue weighted by atomic mass is 32.2. The van der Waals surface area contributed by atoms with Crippen molar-refractivity contribution in [1.82, 2.24) is 4.31 Å². The zero-order chi connectivity index (χ0) is 22.7. The van der Waals surface area contributed by atoms with Crippen LogP contribution in [0.4, 0.5) is 17.1 Å². The maximum atomic E-state index is 12.9. The number of sulfonamides is 1. The SMILES string of the molecule is O=C(Nc1cccc(S(=O)(=O)N2CCCCC2)c1)c1ccc(N2CCCC2)c([N+](=O)[O-])c1. The predicted octanol–water partition coefficient (Wildman–Crippen LogP) is 3.62. The van der Waals surface area contributed by atoms with E-state index in [0.29, 0.717) is 24.5 Å². The van der Waals surface area contributed by atoms with E-state index in [1.807, 2.05) is 4.90 Å². The first-order valence-corrected chi connectivity index (χ1v) is 12.3. The van der Waals surface area contributed by atoms with Crippen LogP contribution in [0.1, 0.15) is 42.5 Å². The normalized spacial score (nSPS) is 17.3. The zero-order valence-electron chi connectivity index (χ0n) is 17.7. The van der Waals surface area contributed by atoms with Crippen molar-refractivity contribution in [1.29, 1.82) is 0 Å². The lowest BCUT2D eigenvalue weighted by atomic mass is 10.1. The molecule has 2 aromatic carbocycles. The van der Waals surface area contributed by atoms with E-state index >= 15 is 0 Å². The molecule has 2 heterocycles. The number of nitrogens with zero attached hydrogens (tertiary/aromatic N) is 3. The lowest BCUT2D eigenvalue weighted by molar-refractivity contribution is -0.384. The molecule has 0 bridgehead atoms. The topological polar surface area (TPSA) is 113 Å². The van der Waals surface area contributed by atoms with Gasteiger partial charge in [0.1, 0.15) is 5.69 Å². The smallest absolute Gasteiger partial charge is 0.293 e. The van der Waals surface area contributed by atoms with Crippen LogP contribution in [0.2, 0.25) is 0 Å². The molecule has 0 unspecified atom stereocenters. The van der Waals surface area contributed by atoms with Gasteiger partial charge in [-0.05, 0) is 56.0 Å². The third-order valence-electron chi connectivity index (χ3n) is 5.93. The summed E-state index contributed by atoms with van der Waals surface area (Å²) in [4.78, 5) is 26.0. The molecule has 0 radical (unpaired) electrons. The number of nitro benzene ring substituents is 1. The van der Waals surface area contributed by atoms with Crippen LogP contribution in [0.25, 0.3) is 0 Å². The van der Waals surface area contributed by atoms with Gasteiger partial charge in [-0.3, -0.25) is 14.9 Å². The Bertz CT molecular complexity index is 1120. The summed E-state index contributed by atoms with van der Waals surface area (Å²) in [5.74, 6) is -0.534. The molecule has 2 aliphatic rings. The summed E-state index contributed by atoms with van der Waals surface area (Å²) in [5.41, 5.74) is 0.864. The molecule has 2 fully saturated rings. The Labute approximate surface area is 187 Å². The van der Waals surface area contributed by atoms with Crippen molar-refractivity contribution in [2.75, 3.05) is 36.4 Å². The minimum atomic E-state index is -3.63. The molecule has 9 nitrogen and oxygen atoms in total. The molecule has 0 aliphatic carbocycles. The lowest BCUT2D eigenvalue weighted by Gasteiger charge is -2.26. The number of amides is 1. The van der Waals surface area contributed by atoms with Crippen LogP contribution in [0.15, 0.2) is 47.4 Å². The van der Waals surface area contributed by atoms with E-state index in [2.05, 4.69) is 5.32 Å². The Morgan fingerprint density at radius 2 is 1.62 bits per heavy atom. The fourth-order valence-corrected chi connectivity index (χ4v) is 5.79. The minimum absolute atomic E-state index is 0.110. The molecular weight excluding hydrogens is 432 g/mol. The Morgan fingerprint density at radius 1 is 0.938 bits per heavy atom. The van der Waals surface area contributed by atoms with E-state index in [1.165, 1.54) is 22.5 Å². The highest BCUT2D eigenvalue weighted by Crippen LogP contribution is 2.32. The number of piperidine rings is 1. The highest BCUT2D eigenvalue weighted by Gasteiger charge is 2.27. The number of carbonyl (C=O) groups is 1. The summed E-state index contributed by atoms with van der Waals surface area (Å²) in [6.45, 7) is 2.49. The molecule has 170 valence electrons. The van der Waals surface area contributed by atoms with Gasteiger partial charge in [-0.2, -0.15) is 4.31 Å². The van der Waals surface area contributed by atoms with Crippen LogP contribution in [-0.4, -0.2) is 49.7 Å². The van der Waals surface area contributed by atoms with Gasteiger partial charge in [-0.25, -0.2) is 8.42 Å². The van der Waals surface area contributed by atoms with Gasteiger partial charge in [0, 0.05) is 43.5 Å². The Balaban J connectivity index is 1.55. The van der Waals surface area contributed by atoms with Gasteiger partial charge in [-0.1, -0.05) is 12.5 Å². The number of anilines is 2. The van der Waals surface area contributed by atoms with Crippen LogP contribution in [0.5, 0.6) is 0 Å². The first-order valence-electron chi connectivity index (χ1n) is 10.8. The molecule has 0 spiro atoms.